The molecule has 15 heavy (non-hydrogen) atoms. The van der Waals surface area contributed by atoms with Crippen LogP contribution in [0.1, 0.15) is 37.8 Å². The van der Waals surface area contributed by atoms with Gasteiger partial charge in [0, 0.05) is 11.6 Å². The summed E-state index contributed by atoms with van der Waals surface area (Å²) in [6.45, 7) is 6.70. The minimum atomic E-state index is 0.588. The third-order valence-corrected chi connectivity index (χ3v) is 2.87. The fourth-order valence-electron chi connectivity index (χ4n) is 2.02. The lowest BCUT2D eigenvalue weighted by Crippen LogP contribution is -1.96. The van der Waals surface area contributed by atoms with Crippen LogP contribution in [0.3, 0.4) is 0 Å². The summed E-state index contributed by atoms with van der Waals surface area (Å²) in [4.78, 5) is 4.39. The Labute approximate surface area is 91.2 Å². The summed E-state index contributed by atoms with van der Waals surface area (Å²) in [7, 11) is 0. The van der Waals surface area contributed by atoms with Crippen molar-refractivity contribution in [1.29, 1.82) is 0 Å². The van der Waals surface area contributed by atoms with Crippen LogP contribution in [0.15, 0.2) is 30.5 Å². The Kier molecular flexibility index (Phi) is 2.72. The zero-order valence-corrected chi connectivity index (χ0v) is 9.62. The molecule has 78 valence electrons. The monoisotopic (exact) mass is 199 g/mol. The largest absolute Gasteiger partial charge is 0.256 e. The molecule has 0 aliphatic carbocycles. The Bertz CT molecular complexity index is 472. The van der Waals surface area contributed by atoms with Gasteiger partial charge in [0.1, 0.15) is 0 Å². The van der Waals surface area contributed by atoms with E-state index in [1.54, 1.807) is 0 Å². The SMILES string of the molecule is CCc1cc2ncccc2cc1C(C)C. The van der Waals surface area contributed by atoms with Crippen LogP contribution >= 0.6 is 0 Å². The van der Waals surface area contributed by atoms with Crippen molar-refractivity contribution in [2.45, 2.75) is 33.1 Å². The maximum absolute atomic E-state index is 4.39. The third-order valence-electron chi connectivity index (χ3n) is 2.87. The van der Waals surface area contributed by atoms with Gasteiger partial charge in [-0.05, 0) is 41.7 Å². The van der Waals surface area contributed by atoms with Gasteiger partial charge in [-0.3, -0.25) is 4.98 Å². The Morgan fingerprint density at radius 1 is 1.27 bits per heavy atom. The number of fused-ring (bicyclic) bond motifs is 1. The van der Waals surface area contributed by atoms with Crippen LogP contribution in [0.2, 0.25) is 0 Å². The summed E-state index contributed by atoms with van der Waals surface area (Å²) in [5, 5.41) is 1.25. The highest BCUT2D eigenvalue weighted by atomic mass is 14.6. The first-order chi connectivity index (χ1) is 7.22. The van der Waals surface area contributed by atoms with Crippen molar-refractivity contribution in [3.05, 3.63) is 41.6 Å². The summed E-state index contributed by atoms with van der Waals surface area (Å²) in [6.07, 6.45) is 2.94. The summed E-state index contributed by atoms with van der Waals surface area (Å²) in [5.41, 5.74) is 3.99. The number of nitrogens with zero attached hydrogens (tertiary/aromatic N) is 1. The van der Waals surface area contributed by atoms with Gasteiger partial charge in [-0.2, -0.15) is 0 Å². The Morgan fingerprint density at radius 3 is 2.73 bits per heavy atom. The average Bonchev–Trinajstić information content (AvgIpc) is 2.27. The molecule has 1 aromatic heterocycles. The summed E-state index contributed by atoms with van der Waals surface area (Å²) < 4.78 is 0. The number of aromatic nitrogens is 1. The van der Waals surface area contributed by atoms with Gasteiger partial charge in [-0.1, -0.05) is 26.8 Å². The molecule has 2 rings (SSSR count). The second-order valence-corrected chi connectivity index (χ2v) is 4.26. The van der Waals surface area contributed by atoms with Crippen LogP contribution in [-0.2, 0) is 6.42 Å². The minimum absolute atomic E-state index is 0.588. The molecule has 0 aliphatic rings. The molecule has 0 bridgehead atoms. The highest BCUT2D eigenvalue weighted by Crippen LogP contribution is 2.25. The van der Waals surface area contributed by atoms with Gasteiger partial charge in [0.15, 0.2) is 0 Å². The first-order valence-corrected chi connectivity index (χ1v) is 5.60. The van der Waals surface area contributed by atoms with E-state index in [1.165, 1.54) is 16.5 Å². The van der Waals surface area contributed by atoms with Crippen molar-refractivity contribution >= 4 is 10.9 Å². The van der Waals surface area contributed by atoms with Crippen LogP contribution in [0.4, 0.5) is 0 Å². The quantitative estimate of drug-likeness (QED) is 0.714. The van der Waals surface area contributed by atoms with E-state index < -0.39 is 0 Å². The maximum atomic E-state index is 4.39. The molecule has 0 saturated carbocycles. The van der Waals surface area contributed by atoms with Gasteiger partial charge in [-0.25, -0.2) is 0 Å². The van der Waals surface area contributed by atoms with Crippen molar-refractivity contribution in [3.8, 4) is 0 Å². The average molecular weight is 199 g/mol. The highest BCUT2D eigenvalue weighted by Gasteiger charge is 2.07. The van der Waals surface area contributed by atoms with E-state index in [0.29, 0.717) is 5.92 Å². The van der Waals surface area contributed by atoms with Crippen molar-refractivity contribution in [3.63, 3.8) is 0 Å². The van der Waals surface area contributed by atoms with Crippen LogP contribution in [-0.4, -0.2) is 4.98 Å². The highest BCUT2D eigenvalue weighted by molar-refractivity contribution is 5.80. The predicted octanol–water partition coefficient (Wildman–Crippen LogP) is 3.92. The summed E-state index contributed by atoms with van der Waals surface area (Å²) >= 11 is 0. The van der Waals surface area contributed by atoms with E-state index in [4.69, 9.17) is 0 Å². The molecule has 1 nitrogen and oxygen atoms in total. The van der Waals surface area contributed by atoms with Gasteiger partial charge in [-0.15, -0.1) is 0 Å². The molecular weight excluding hydrogens is 182 g/mol. The van der Waals surface area contributed by atoms with Gasteiger partial charge in [0.05, 0.1) is 5.52 Å². The molecule has 0 spiro atoms. The second kappa shape index (κ2) is 4.01. The molecule has 0 fully saturated rings. The molecule has 1 heteroatoms. The van der Waals surface area contributed by atoms with Crippen molar-refractivity contribution in [1.82, 2.24) is 4.98 Å². The van der Waals surface area contributed by atoms with E-state index in [-0.39, 0.29) is 0 Å². The number of rotatable bonds is 2. The normalized spacial score (nSPS) is 11.2. The molecule has 0 N–H and O–H groups in total. The summed E-state index contributed by atoms with van der Waals surface area (Å²) in [6, 6.07) is 8.64. The number of benzene rings is 1. The molecule has 0 amide bonds. The van der Waals surface area contributed by atoms with Crippen molar-refractivity contribution in [2.75, 3.05) is 0 Å². The van der Waals surface area contributed by atoms with Crippen molar-refractivity contribution in [2.24, 2.45) is 0 Å². The van der Waals surface area contributed by atoms with Crippen LogP contribution in [0.5, 0.6) is 0 Å². The lowest BCUT2D eigenvalue weighted by Gasteiger charge is -2.12. The first kappa shape index (κ1) is 10.2. The third kappa shape index (κ3) is 1.87. The molecule has 1 heterocycles. The zero-order valence-electron chi connectivity index (χ0n) is 9.62. The molecule has 0 radical (unpaired) electrons. The fraction of sp³-hybridized carbons (Fsp3) is 0.357. The summed E-state index contributed by atoms with van der Waals surface area (Å²) in [5.74, 6) is 0.588. The molecule has 1 aromatic carbocycles. The molecule has 0 unspecified atom stereocenters. The number of aryl methyl sites for hydroxylation is 1. The van der Waals surface area contributed by atoms with Gasteiger partial charge < -0.3 is 0 Å². The van der Waals surface area contributed by atoms with Crippen LogP contribution < -0.4 is 0 Å². The van der Waals surface area contributed by atoms with E-state index in [1.807, 2.05) is 12.3 Å². The van der Waals surface area contributed by atoms with Gasteiger partial charge in [0.25, 0.3) is 0 Å². The van der Waals surface area contributed by atoms with Gasteiger partial charge in [0.2, 0.25) is 0 Å². The van der Waals surface area contributed by atoms with Crippen LogP contribution in [0, 0.1) is 0 Å². The van der Waals surface area contributed by atoms with E-state index in [0.717, 1.165) is 11.9 Å². The lowest BCUT2D eigenvalue weighted by molar-refractivity contribution is 0.846. The Balaban J connectivity index is 2.69. The van der Waals surface area contributed by atoms with Crippen LogP contribution in [0.25, 0.3) is 10.9 Å². The molecule has 0 aliphatic heterocycles. The minimum Gasteiger partial charge on any atom is -0.256 e. The lowest BCUT2D eigenvalue weighted by atomic mass is 9.94. The van der Waals surface area contributed by atoms with Crippen molar-refractivity contribution < 1.29 is 0 Å². The fourth-order valence-corrected chi connectivity index (χ4v) is 2.02. The molecule has 0 atom stereocenters. The number of hydrogen-bond acceptors (Lipinski definition) is 1. The van der Waals surface area contributed by atoms with E-state index >= 15 is 0 Å². The van der Waals surface area contributed by atoms with E-state index in [9.17, 15) is 0 Å². The first-order valence-electron chi connectivity index (χ1n) is 5.60. The smallest absolute Gasteiger partial charge is 0.0704 e. The Hall–Kier alpha value is -1.37. The molecule has 0 saturated heterocycles. The predicted molar refractivity (Wildman–Crippen MR) is 65.2 cm³/mol. The van der Waals surface area contributed by atoms with E-state index in [2.05, 4.69) is 44.0 Å². The topological polar surface area (TPSA) is 12.9 Å². The van der Waals surface area contributed by atoms with Gasteiger partial charge >= 0.3 is 0 Å². The number of hydrogen-bond donors (Lipinski definition) is 0. The maximum Gasteiger partial charge on any atom is 0.0704 e. The molecular formula is C14H17N. The second-order valence-electron chi connectivity index (χ2n) is 4.26. The standard InChI is InChI=1S/C14H17N/c1-4-11-9-14-12(6-5-7-15-14)8-13(11)10(2)3/h5-10H,4H2,1-3H3. The molecule has 2 aromatic rings. The number of pyridine rings is 1. The Morgan fingerprint density at radius 2 is 2.07 bits per heavy atom. The zero-order chi connectivity index (χ0) is 10.8.